The van der Waals surface area contributed by atoms with Crippen molar-refractivity contribution in [3.05, 3.63) is 35.4 Å². The fourth-order valence-electron chi connectivity index (χ4n) is 2.70. The smallest absolute Gasteiger partial charge is 0.248 e. The lowest BCUT2D eigenvalue weighted by atomic mass is 10.1. The quantitative estimate of drug-likeness (QED) is 0.765. The van der Waals surface area contributed by atoms with Crippen LogP contribution in [0.4, 0.5) is 0 Å². The fraction of sp³-hybridized carbons (Fsp3) is 0.529. The summed E-state index contributed by atoms with van der Waals surface area (Å²) in [5.41, 5.74) is 2.33. The Kier molecular flexibility index (Phi) is 6.47. The van der Waals surface area contributed by atoms with Gasteiger partial charge >= 0.3 is 0 Å². The lowest BCUT2D eigenvalue weighted by molar-refractivity contribution is -0.136. The SMILES string of the molecule is CCN(CCN1C(=O)CSC1c1cccc(C)c1)C(=O)COC. The summed E-state index contributed by atoms with van der Waals surface area (Å²) in [4.78, 5) is 27.8. The van der Waals surface area contributed by atoms with Crippen LogP contribution in [0.5, 0.6) is 0 Å². The number of likely N-dealkylation sites (N-methyl/N-ethyl adjacent to an activating group) is 1. The highest BCUT2D eigenvalue weighted by Crippen LogP contribution is 2.38. The largest absolute Gasteiger partial charge is 0.375 e. The Bertz CT molecular complexity index is 565. The predicted molar refractivity (Wildman–Crippen MR) is 92.2 cm³/mol. The molecule has 1 aromatic carbocycles. The minimum atomic E-state index is -0.0404. The second kappa shape index (κ2) is 8.36. The van der Waals surface area contributed by atoms with Crippen LogP contribution in [0.3, 0.4) is 0 Å². The maximum Gasteiger partial charge on any atom is 0.248 e. The molecule has 0 aliphatic carbocycles. The molecule has 0 aromatic heterocycles. The molecule has 2 rings (SSSR count). The fourth-order valence-corrected chi connectivity index (χ4v) is 3.91. The molecule has 1 atom stereocenters. The van der Waals surface area contributed by atoms with E-state index in [0.717, 1.165) is 5.56 Å². The van der Waals surface area contributed by atoms with Crippen LogP contribution in [0.15, 0.2) is 24.3 Å². The molecular formula is C17H24N2O3S. The van der Waals surface area contributed by atoms with Crippen molar-refractivity contribution >= 4 is 23.6 Å². The lowest BCUT2D eigenvalue weighted by Crippen LogP contribution is -2.41. The first-order valence-corrected chi connectivity index (χ1v) is 8.86. The van der Waals surface area contributed by atoms with Gasteiger partial charge < -0.3 is 14.5 Å². The molecule has 1 fully saturated rings. The summed E-state index contributed by atoms with van der Waals surface area (Å²) >= 11 is 1.65. The molecule has 0 spiro atoms. The second-order valence-electron chi connectivity index (χ2n) is 5.57. The molecule has 1 saturated heterocycles. The number of carbonyl (C=O) groups excluding carboxylic acids is 2. The third-order valence-corrected chi connectivity index (χ3v) is 5.16. The van der Waals surface area contributed by atoms with E-state index in [1.165, 1.54) is 12.7 Å². The molecule has 0 bridgehead atoms. The molecule has 5 nitrogen and oxygen atoms in total. The summed E-state index contributed by atoms with van der Waals surface area (Å²) in [6.45, 7) is 5.77. The molecule has 1 heterocycles. The van der Waals surface area contributed by atoms with Gasteiger partial charge in [0.1, 0.15) is 12.0 Å². The number of benzene rings is 1. The van der Waals surface area contributed by atoms with E-state index >= 15 is 0 Å². The standard InChI is InChI=1S/C17H24N2O3S/c1-4-18(15(20)11-22-3)8-9-19-16(21)12-23-17(19)14-7-5-6-13(2)10-14/h5-7,10,17H,4,8-9,11-12H2,1-3H3. The first kappa shape index (κ1) is 17.8. The minimum absolute atomic E-state index is 0.0404. The van der Waals surface area contributed by atoms with E-state index in [4.69, 9.17) is 4.74 Å². The molecule has 1 aromatic rings. The lowest BCUT2D eigenvalue weighted by Gasteiger charge is -2.28. The average Bonchev–Trinajstić information content (AvgIpc) is 2.89. The van der Waals surface area contributed by atoms with E-state index in [9.17, 15) is 9.59 Å². The molecular weight excluding hydrogens is 312 g/mol. The van der Waals surface area contributed by atoms with Crippen molar-refractivity contribution in [2.45, 2.75) is 19.2 Å². The molecule has 126 valence electrons. The van der Waals surface area contributed by atoms with Crippen molar-refractivity contribution < 1.29 is 14.3 Å². The van der Waals surface area contributed by atoms with E-state index in [1.54, 1.807) is 16.7 Å². The van der Waals surface area contributed by atoms with E-state index in [1.807, 2.05) is 17.9 Å². The van der Waals surface area contributed by atoms with Crippen LogP contribution in [0.25, 0.3) is 0 Å². The number of nitrogens with zero attached hydrogens (tertiary/aromatic N) is 2. The van der Waals surface area contributed by atoms with Gasteiger partial charge in [-0.05, 0) is 19.4 Å². The van der Waals surface area contributed by atoms with E-state index in [-0.39, 0.29) is 23.8 Å². The van der Waals surface area contributed by atoms with Crippen LogP contribution in [-0.2, 0) is 14.3 Å². The molecule has 0 radical (unpaired) electrons. The number of aryl methyl sites for hydroxylation is 1. The number of hydrogen-bond donors (Lipinski definition) is 0. The van der Waals surface area contributed by atoms with Crippen molar-refractivity contribution in [1.82, 2.24) is 9.80 Å². The molecule has 0 saturated carbocycles. The molecule has 1 unspecified atom stereocenters. The Labute approximate surface area is 142 Å². The van der Waals surface area contributed by atoms with Gasteiger partial charge in [0.2, 0.25) is 11.8 Å². The van der Waals surface area contributed by atoms with Crippen LogP contribution in [0.1, 0.15) is 23.4 Å². The summed E-state index contributed by atoms with van der Waals surface area (Å²) in [6, 6.07) is 8.25. The highest BCUT2D eigenvalue weighted by molar-refractivity contribution is 8.00. The molecule has 1 aliphatic rings. The number of ether oxygens (including phenoxy) is 1. The predicted octanol–water partition coefficient (Wildman–Crippen LogP) is 2.06. The zero-order valence-corrected chi connectivity index (χ0v) is 14.8. The first-order valence-electron chi connectivity index (χ1n) is 7.81. The first-order chi connectivity index (χ1) is 11.1. The zero-order chi connectivity index (χ0) is 16.8. The number of carbonyl (C=O) groups is 2. The highest BCUT2D eigenvalue weighted by Gasteiger charge is 2.33. The van der Waals surface area contributed by atoms with Crippen LogP contribution in [0.2, 0.25) is 0 Å². The van der Waals surface area contributed by atoms with Gasteiger partial charge in [-0.25, -0.2) is 0 Å². The second-order valence-corrected chi connectivity index (χ2v) is 6.64. The van der Waals surface area contributed by atoms with Crippen molar-refractivity contribution in [3.63, 3.8) is 0 Å². The van der Waals surface area contributed by atoms with Crippen molar-refractivity contribution in [2.24, 2.45) is 0 Å². The summed E-state index contributed by atoms with van der Waals surface area (Å²) in [5, 5.41) is 0.0404. The summed E-state index contributed by atoms with van der Waals surface area (Å²) in [5.74, 6) is 0.592. The summed E-state index contributed by atoms with van der Waals surface area (Å²) < 4.78 is 4.91. The van der Waals surface area contributed by atoms with Gasteiger partial charge in [-0.3, -0.25) is 9.59 Å². The normalized spacial score (nSPS) is 17.6. The molecule has 6 heteroatoms. The molecule has 23 heavy (non-hydrogen) atoms. The van der Waals surface area contributed by atoms with Crippen LogP contribution >= 0.6 is 11.8 Å². The maximum absolute atomic E-state index is 12.2. The van der Waals surface area contributed by atoms with Gasteiger partial charge in [0.05, 0.1) is 5.75 Å². The summed E-state index contributed by atoms with van der Waals surface area (Å²) in [7, 11) is 1.51. The van der Waals surface area contributed by atoms with Gasteiger partial charge in [0.15, 0.2) is 0 Å². The third-order valence-electron chi connectivity index (χ3n) is 3.91. The van der Waals surface area contributed by atoms with Crippen LogP contribution in [-0.4, -0.2) is 60.7 Å². The van der Waals surface area contributed by atoms with E-state index in [2.05, 4.69) is 25.1 Å². The van der Waals surface area contributed by atoms with Gasteiger partial charge in [-0.15, -0.1) is 11.8 Å². The average molecular weight is 336 g/mol. The van der Waals surface area contributed by atoms with Gasteiger partial charge in [0.25, 0.3) is 0 Å². The zero-order valence-electron chi connectivity index (χ0n) is 13.9. The molecule has 1 aliphatic heterocycles. The Balaban J connectivity index is 2.04. The molecule has 2 amide bonds. The highest BCUT2D eigenvalue weighted by atomic mass is 32.2. The van der Waals surface area contributed by atoms with E-state index in [0.29, 0.717) is 25.4 Å². The Hall–Kier alpha value is -1.53. The number of methoxy groups -OCH3 is 1. The molecule has 0 N–H and O–H groups in total. The summed E-state index contributed by atoms with van der Waals surface area (Å²) in [6.07, 6.45) is 0. The van der Waals surface area contributed by atoms with Crippen molar-refractivity contribution in [2.75, 3.05) is 39.1 Å². The van der Waals surface area contributed by atoms with Crippen molar-refractivity contribution in [3.8, 4) is 0 Å². The van der Waals surface area contributed by atoms with Gasteiger partial charge in [-0.2, -0.15) is 0 Å². The number of rotatable bonds is 7. The number of amides is 2. The Morgan fingerprint density at radius 3 is 2.91 bits per heavy atom. The minimum Gasteiger partial charge on any atom is -0.375 e. The topological polar surface area (TPSA) is 49.9 Å². The van der Waals surface area contributed by atoms with E-state index < -0.39 is 0 Å². The van der Waals surface area contributed by atoms with Crippen LogP contribution in [0, 0.1) is 6.92 Å². The van der Waals surface area contributed by atoms with Gasteiger partial charge in [-0.1, -0.05) is 29.8 Å². The van der Waals surface area contributed by atoms with Crippen LogP contribution < -0.4 is 0 Å². The van der Waals surface area contributed by atoms with Crippen molar-refractivity contribution in [1.29, 1.82) is 0 Å². The Morgan fingerprint density at radius 1 is 1.48 bits per heavy atom. The number of hydrogen-bond acceptors (Lipinski definition) is 4. The maximum atomic E-state index is 12.2. The third kappa shape index (κ3) is 4.48. The Morgan fingerprint density at radius 2 is 2.26 bits per heavy atom. The number of thioether (sulfide) groups is 1. The van der Waals surface area contributed by atoms with Gasteiger partial charge in [0, 0.05) is 26.7 Å². The monoisotopic (exact) mass is 336 g/mol.